The number of alkyl halides is 6. The lowest BCUT2D eigenvalue weighted by atomic mass is 9.84. The third-order valence-electron chi connectivity index (χ3n) is 4.37. The van der Waals surface area contributed by atoms with Gasteiger partial charge in [0.2, 0.25) is 5.91 Å². The molecule has 0 radical (unpaired) electrons. The molecule has 0 heterocycles. The monoisotopic (exact) mass is 365 g/mol. The van der Waals surface area contributed by atoms with Crippen molar-refractivity contribution in [2.24, 2.45) is 5.92 Å². The largest absolute Gasteiger partial charge is 0.416 e. The SMILES string of the molecule is CC1=C(C)CC(C(=O)Nc2cc(C(F)(F)F)cc(C(F)(F)F)c2)CC1. The molecule has 0 spiro atoms. The summed E-state index contributed by atoms with van der Waals surface area (Å²) in [6.45, 7) is 3.80. The number of anilines is 1. The number of rotatable bonds is 2. The normalized spacial score (nSPS) is 19.1. The van der Waals surface area contributed by atoms with Crippen LogP contribution in [0.5, 0.6) is 0 Å². The van der Waals surface area contributed by atoms with Crippen LogP contribution < -0.4 is 5.32 Å². The summed E-state index contributed by atoms with van der Waals surface area (Å²) >= 11 is 0. The molecule has 138 valence electrons. The van der Waals surface area contributed by atoms with E-state index in [4.69, 9.17) is 0 Å². The Labute approximate surface area is 140 Å². The van der Waals surface area contributed by atoms with Crippen molar-refractivity contribution in [2.75, 3.05) is 5.32 Å². The molecule has 0 aromatic heterocycles. The van der Waals surface area contributed by atoms with Crippen LogP contribution in [-0.2, 0) is 17.1 Å². The Balaban J connectivity index is 2.28. The lowest BCUT2D eigenvalue weighted by molar-refractivity contribution is -0.143. The summed E-state index contributed by atoms with van der Waals surface area (Å²) in [7, 11) is 0. The van der Waals surface area contributed by atoms with Crippen molar-refractivity contribution in [3.8, 4) is 0 Å². The number of hydrogen-bond acceptors (Lipinski definition) is 1. The van der Waals surface area contributed by atoms with E-state index in [0.717, 1.165) is 11.1 Å². The van der Waals surface area contributed by atoms with Gasteiger partial charge >= 0.3 is 12.4 Å². The molecular weight excluding hydrogens is 348 g/mol. The van der Waals surface area contributed by atoms with Gasteiger partial charge in [-0.2, -0.15) is 26.3 Å². The summed E-state index contributed by atoms with van der Waals surface area (Å²) in [5, 5.41) is 2.21. The highest BCUT2D eigenvalue weighted by atomic mass is 19.4. The highest BCUT2D eigenvalue weighted by Crippen LogP contribution is 2.38. The van der Waals surface area contributed by atoms with Crippen LogP contribution in [0, 0.1) is 5.92 Å². The van der Waals surface area contributed by atoms with E-state index < -0.39 is 41.0 Å². The minimum atomic E-state index is -4.94. The Kier molecular flexibility index (Phi) is 5.20. The van der Waals surface area contributed by atoms with E-state index in [1.165, 1.54) is 0 Å². The van der Waals surface area contributed by atoms with Crippen LogP contribution in [-0.4, -0.2) is 5.91 Å². The van der Waals surface area contributed by atoms with Crippen molar-refractivity contribution in [3.05, 3.63) is 40.5 Å². The molecule has 25 heavy (non-hydrogen) atoms. The molecule has 0 bridgehead atoms. The van der Waals surface area contributed by atoms with Crippen LogP contribution >= 0.6 is 0 Å². The van der Waals surface area contributed by atoms with Crippen LogP contribution in [0.1, 0.15) is 44.2 Å². The Hall–Kier alpha value is -1.99. The second-order valence-electron chi connectivity index (χ2n) is 6.28. The fourth-order valence-corrected chi connectivity index (χ4v) is 2.75. The zero-order valence-electron chi connectivity index (χ0n) is 13.6. The molecule has 0 fully saturated rings. The average Bonchev–Trinajstić information content (AvgIpc) is 2.48. The van der Waals surface area contributed by atoms with Crippen molar-refractivity contribution >= 4 is 11.6 Å². The minimum Gasteiger partial charge on any atom is -0.326 e. The smallest absolute Gasteiger partial charge is 0.326 e. The summed E-state index contributed by atoms with van der Waals surface area (Å²) in [5.74, 6) is -1.04. The van der Waals surface area contributed by atoms with Gasteiger partial charge in [0.15, 0.2) is 0 Å². The average molecular weight is 365 g/mol. The number of hydrogen-bond donors (Lipinski definition) is 1. The van der Waals surface area contributed by atoms with Gasteiger partial charge in [-0.15, -0.1) is 0 Å². The maximum Gasteiger partial charge on any atom is 0.416 e. The summed E-state index contributed by atoms with van der Waals surface area (Å²) in [6.07, 6.45) is -8.24. The fourth-order valence-electron chi connectivity index (χ4n) is 2.75. The first-order valence-electron chi connectivity index (χ1n) is 7.63. The lowest BCUT2D eigenvalue weighted by Crippen LogP contribution is -2.25. The number of allylic oxidation sites excluding steroid dienone is 2. The van der Waals surface area contributed by atoms with E-state index in [2.05, 4.69) is 5.32 Å². The Bertz CT molecular complexity index is 670. The van der Waals surface area contributed by atoms with Crippen LogP contribution in [0.4, 0.5) is 32.0 Å². The van der Waals surface area contributed by atoms with Crippen LogP contribution in [0.15, 0.2) is 29.3 Å². The first-order chi connectivity index (χ1) is 11.4. The quantitative estimate of drug-likeness (QED) is 0.521. The predicted molar refractivity (Wildman–Crippen MR) is 80.8 cm³/mol. The highest BCUT2D eigenvalue weighted by Gasteiger charge is 2.37. The molecule has 1 amide bonds. The molecule has 1 aliphatic rings. The molecule has 2 rings (SSSR count). The summed E-state index contributed by atoms with van der Waals surface area (Å²) in [5.41, 5.74) is -1.23. The molecule has 0 saturated heterocycles. The fraction of sp³-hybridized carbons (Fsp3) is 0.471. The second-order valence-corrected chi connectivity index (χ2v) is 6.28. The van der Waals surface area contributed by atoms with Gasteiger partial charge in [-0.05, 0) is 51.3 Å². The van der Waals surface area contributed by atoms with Crippen molar-refractivity contribution < 1.29 is 31.1 Å². The molecule has 1 N–H and O–H groups in total. The number of amides is 1. The van der Waals surface area contributed by atoms with Crippen molar-refractivity contribution in [1.29, 1.82) is 0 Å². The Morgan fingerprint density at radius 1 is 0.960 bits per heavy atom. The second kappa shape index (κ2) is 6.72. The number of carbonyl (C=O) groups is 1. The molecule has 1 aromatic carbocycles. The molecule has 1 aromatic rings. The van der Waals surface area contributed by atoms with Crippen molar-refractivity contribution in [3.63, 3.8) is 0 Å². The number of benzene rings is 1. The summed E-state index contributed by atoms with van der Waals surface area (Å²) < 4.78 is 77.0. The van der Waals surface area contributed by atoms with E-state index in [-0.39, 0.29) is 6.07 Å². The first kappa shape index (κ1) is 19.3. The minimum absolute atomic E-state index is 0.0342. The third-order valence-corrected chi connectivity index (χ3v) is 4.37. The lowest BCUT2D eigenvalue weighted by Gasteiger charge is -2.24. The number of halogens is 6. The number of nitrogens with one attached hydrogen (secondary N) is 1. The van der Waals surface area contributed by atoms with Crippen LogP contribution in [0.3, 0.4) is 0 Å². The van der Waals surface area contributed by atoms with Gasteiger partial charge in [0.25, 0.3) is 0 Å². The predicted octanol–water partition coefficient (Wildman–Crippen LogP) is 5.80. The highest BCUT2D eigenvalue weighted by molar-refractivity contribution is 5.93. The zero-order chi connectivity index (χ0) is 19.0. The first-order valence-corrected chi connectivity index (χ1v) is 7.63. The van der Waals surface area contributed by atoms with Gasteiger partial charge in [0.1, 0.15) is 0 Å². The maximum absolute atomic E-state index is 12.8. The molecule has 0 aliphatic heterocycles. The van der Waals surface area contributed by atoms with E-state index in [1.807, 2.05) is 13.8 Å². The van der Waals surface area contributed by atoms with E-state index in [9.17, 15) is 31.1 Å². The van der Waals surface area contributed by atoms with Gasteiger partial charge in [0, 0.05) is 11.6 Å². The molecule has 8 heteroatoms. The van der Waals surface area contributed by atoms with Gasteiger partial charge in [-0.1, -0.05) is 11.1 Å². The molecule has 1 unspecified atom stereocenters. The number of carbonyl (C=O) groups excluding carboxylic acids is 1. The van der Waals surface area contributed by atoms with Gasteiger partial charge in [-0.25, -0.2) is 0 Å². The van der Waals surface area contributed by atoms with E-state index >= 15 is 0 Å². The van der Waals surface area contributed by atoms with Crippen LogP contribution in [0.2, 0.25) is 0 Å². The Morgan fingerprint density at radius 2 is 1.48 bits per heavy atom. The topological polar surface area (TPSA) is 29.1 Å². The third kappa shape index (κ3) is 4.76. The van der Waals surface area contributed by atoms with Crippen molar-refractivity contribution in [2.45, 2.75) is 45.5 Å². The van der Waals surface area contributed by atoms with Gasteiger partial charge < -0.3 is 5.32 Å². The van der Waals surface area contributed by atoms with Gasteiger partial charge in [-0.3, -0.25) is 4.79 Å². The zero-order valence-corrected chi connectivity index (χ0v) is 13.6. The summed E-state index contributed by atoms with van der Waals surface area (Å²) in [6, 6.07) is 1.07. The molecule has 2 nitrogen and oxygen atoms in total. The Morgan fingerprint density at radius 3 is 1.92 bits per heavy atom. The van der Waals surface area contributed by atoms with Crippen molar-refractivity contribution in [1.82, 2.24) is 0 Å². The van der Waals surface area contributed by atoms with E-state index in [0.29, 0.717) is 31.4 Å². The van der Waals surface area contributed by atoms with Gasteiger partial charge in [0.05, 0.1) is 11.1 Å². The molecule has 1 aliphatic carbocycles. The maximum atomic E-state index is 12.8. The standard InChI is InChI=1S/C17H17F6NO/c1-9-3-4-11(5-10(9)2)15(25)24-14-7-12(16(18,19)20)6-13(8-14)17(21,22)23/h6-8,11H,3-5H2,1-2H3,(H,24,25). The molecular formula is C17H17F6NO. The van der Waals surface area contributed by atoms with Crippen LogP contribution in [0.25, 0.3) is 0 Å². The summed E-state index contributed by atoms with van der Waals surface area (Å²) in [4.78, 5) is 12.2. The van der Waals surface area contributed by atoms with E-state index in [1.54, 1.807) is 0 Å². The molecule has 1 atom stereocenters. The molecule has 0 saturated carbocycles.